The molecule has 0 aromatic carbocycles. The highest BCUT2D eigenvalue weighted by Gasteiger charge is 2.28. The van der Waals surface area contributed by atoms with E-state index < -0.39 is 0 Å². The molecular formula is C15H29NO. The van der Waals surface area contributed by atoms with Gasteiger partial charge in [-0.05, 0) is 51.0 Å². The summed E-state index contributed by atoms with van der Waals surface area (Å²) >= 11 is 0. The fourth-order valence-corrected chi connectivity index (χ4v) is 3.37. The molecule has 2 rings (SSSR count). The van der Waals surface area contributed by atoms with E-state index in [1.807, 2.05) is 0 Å². The van der Waals surface area contributed by atoms with Gasteiger partial charge in [0.05, 0.1) is 12.2 Å². The zero-order valence-corrected chi connectivity index (χ0v) is 11.6. The predicted octanol–water partition coefficient (Wildman–Crippen LogP) is 3.50. The third kappa shape index (κ3) is 4.26. The Morgan fingerprint density at radius 3 is 2.65 bits per heavy atom. The lowest BCUT2D eigenvalue weighted by Crippen LogP contribution is -2.30. The summed E-state index contributed by atoms with van der Waals surface area (Å²) in [6.45, 7) is 5.77. The summed E-state index contributed by atoms with van der Waals surface area (Å²) in [6, 6.07) is 0.723. The minimum absolute atomic E-state index is 0.541. The van der Waals surface area contributed by atoms with Crippen LogP contribution in [0.4, 0.5) is 0 Å². The molecule has 0 saturated heterocycles. The molecule has 2 aliphatic rings. The van der Waals surface area contributed by atoms with Crippen molar-refractivity contribution >= 4 is 0 Å². The molecule has 0 bridgehead atoms. The Hall–Kier alpha value is -0.0800. The van der Waals surface area contributed by atoms with Crippen LogP contribution in [-0.2, 0) is 4.74 Å². The van der Waals surface area contributed by atoms with Crippen LogP contribution in [0.25, 0.3) is 0 Å². The van der Waals surface area contributed by atoms with Gasteiger partial charge in [-0.3, -0.25) is 0 Å². The van der Waals surface area contributed by atoms with Crippen LogP contribution in [0.1, 0.15) is 65.2 Å². The van der Waals surface area contributed by atoms with Crippen LogP contribution in [0.2, 0.25) is 0 Å². The Kier molecular flexibility index (Phi) is 5.30. The van der Waals surface area contributed by atoms with E-state index in [9.17, 15) is 0 Å². The summed E-state index contributed by atoms with van der Waals surface area (Å²) in [4.78, 5) is 0. The van der Waals surface area contributed by atoms with E-state index >= 15 is 0 Å². The van der Waals surface area contributed by atoms with Crippen molar-refractivity contribution in [1.82, 2.24) is 5.32 Å². The van der Waals surface area contributed by atoms with Crippen LogP contribution in [0.15, 0.2) is 0 Å². The Labute approximate surface area is 107 Å². The summed E-state index contributed by atoms with van der Waals surface area (Å²) in [7, 11) is 0. The molecule has 0 aliphatic heterocycles. The van der Waals surface area contributed by atoms with E-state index in [2.05, 4.69) is 19.2 Å². The number of ether oxygens (including phenoxy) is 1. The third-order valence-corrected chi connectivity index (χ3v) is 4.34. The molecule has 2 saturated carbocycles. The quantitative estimate of drug-likeness (QED) is 0.793. The van der Waals surface area contributed by atoms with E-state index in [1.165, 1.54) is 51.4 Å². The zero-order valence-electron chi connectivity index (χ0n) is 11.6. The maximum absolute atomic E-state index is 6.29. The minimum atomic E-state index is 0.541. The second-order valence-corrected chi connectivity index (χ2v) is 6.12. The first-order valence-corrected chi connectivity index (χ1v) is 7.66. The third-order valence-electron chi connectivity index (χ3n) is 4.34. The van der Waals surface area contributed by atoms with Gasteiger partial charge in [-0.2, -0.15) is 0 Å². The van der Waals surface area contributed by atoms with Gasteiger partial charge in [0.1, 0.15) is 0 Å². The van der Waals surface area contributed by atoms with Gasteiger partial charge in [0.25, 0.3) is 0 Å². The van der Waals surface area contributed by atoms with Gasteiger partial charge in [-0.15, -0.1) is 0 Å². The summed E-state index contributed by atoms with van der Waals surface area (Å²) in [5.41, 5.74) is 0. The Bertz CT molecular complexity index is 219. The standard InChI is InChI=1S/C15H29NO/c1-3-9-16-13-7-8-15(11-13)17-14-6-4-5-12(2)10-14/h12-16H,3-11H2,1-2H3. The summed E-state index contributed by atoms with van der Waals surface area (Å²) in [5, 5.41) is 3.63. The molecule has 0 amide bonds. The average Bonchev–Trinajstić information content (AvgIpc) is 2.74. The highest BCUT2D eigenvalue weighted by molar-refractivity contribution is 4.83. The Morgan fingerprint density at radius 2 is 1.88 bits per heavy atom. The molecule has 17 heavy (non-hydrogen) atoms. The lowest BCUT2D eigenvalue weighted by molar-refractivity contribution is -0.0358. The summed E-state index contributed by atoms with van der Waals surface area (Å²) in [6.07, 6.45) is 11.5. The molecular weight excluding hydrogens is 210 g/mol. The molecule has 4 atom stereocenters. The maximum atomic E-state index is 6.29. The molecule has 0 spiro atoms. The molecule has 2 nitrogen and oxygen atoms in total. The Morgan fingerprint density at radius 1 is 1.06 bits per heavy atom. The fourth-order valence-electron chi connectivity index (χ4n) is 3.37. The molecule has 2 aliphatic carbocycles. The van der Waals surface area contributed by atoms with Crippen molar-refractivity contribution in [2.24, 2.45) is 5.92 Å². The monoisotopic (exact) mass is 239 g/mol. The number of rotatable bonds is 5. The van der Waals surface area contributed by atoms with Gasteiger partial charge < -0.3 is 10.1 Å². The molecule has 1 N–H and O–H groups in total. The van der Waals surface area contributed by atoms with Crippen LogP contribution >= 0.6 is 0 Å². The van der Waals surface area contributed by atoms with Crippen molar-refractivity contribution in [2.45, 2.75) is 83.5 Å². The lowest BCUT2D eigenvalue weighted by Gasteiger charge is -2.29. The van der Waals surface area contributed by atoms with E-state index in [0.717, 1.165) is 18.5 Å². The van der Waals surface area contributed by atoms with Crippen molar-refractivity contribution in [3.63, 3.8) is 0 Å². The molecule has 0 radical (unpaired) electrons. The minimum Gasteiger partial charge on any atom is -0.375 e. The van der Waals surface area contributed by atoms with E-state index in [1.54, 1.807) is 0 Å². The molecule has 2 heteroatoms. The molecule has 100 valence electrons. The SMILES string of the molecule is CCCNC1CCC(OC2CCCC(C)C2)C1. The van der Waals surface area contributed by atoms with E-state index in [4.69, 9.17) is 4.74 Å². The largest absolute Gasteiger partial charge is 0.375 e. The van der Waals surface area contributed by atoms with Gasteiger partial charge >= 0.3 is 0 Å². The van der Waals surface area contributed by atoms with Gasteiger partial charge in [0, 0.05) is 6.04 Å². The first kappa shape index (κ1) is 13.4. The van der Waals surface area contributed by atoms with Crippen molar-refractivity contribution in [3.8, 4) is 0 Å². The number of hydrogen-bond donors (Lipinski definition) is 1. The van der Waals surface area contributed by atoms with Crippen molar-refractivity contribution in [2.75, 3.05) is 6.54 Å². The van der Waals surface area contributed by atoms with Gasteiger partial charge in [-0.1, -0.05) is 26.7 Å². The predicted molar refractivity (Wildman–Crippen MR) is 72.2 cm³/mol. The van der Waals surface area contributed by atoms with Crippen LogP contribution in [0.5, 0.6) is 0 Å². The zero-order chi connectivity index (χ0) is 12.1. The van der Waals surface area contributed by atoms with E-state index in [0.29, 0.717) is 12.2 Å². The molecule has 4 unspecified atom stereocenters. The van der Waals surface area contributed by atoms with Crippen molar-refractivity contribution < 1.29 is 4.74 Å². The first-order valence-electron chi connectivity index (χ1n) is 7.66. The highest BCUT2D eigenvalue weighted by atomic mass is 16.5. The molecule has 0 heterocycles. The number of nitrogens with one attached hydrogen (secondary N) is 1. The maximum Gasteiger partial charge on any atom is 0.0594 e. The smallest absolute Gasteiger partial charge is 0.0594 e. The Balaban J connectivity index is 1.66. The second-order valence-electron chi connectivity index (χ2n) is 6.12. The van der Waals surface area contributed by atoms with Gasteiger partial charge in [-0.25, -0.2) is 0 Å². The second kappa shape index (κ2) is 6.75. The molecule has 0 aromatic rings. The molecule has 2 fully saturated rings. The van der Waals surface area contributed by atoms with Crippen LogP contribution < -0.4 is 5.32 Å². The van der Waals surface area contributed by atoms with Gasteiger partial charge in [0.2, 0.25) is 0 Å². The average molecular weight is 239 g/mol. The number of hydrogen-bond acceptors (Lipinski definition) is 2. The van der Waals surface area contributed by atoms with Crippen molar-refractivity contribution in [3.05, 3.63) is 0 Å². The lowest BCUT2D eigenvalue weighted by atomic mass is 9.88. The molecule has 0 aromatic heterocycles. The van der Waals surface area contributed by atoms with Gasteiger partial charge in [0.15, 0.2) is 0 Å². The highest BCUT2D eigenvalue weighted by Crippen LogP contribution is 2.30. The summed E-state index contributed by atoms with van der Waals surface area (Å²) < 4.78 is 6.29. The normalized spacial score (nSPS) is 38.5. The van der Waals surface area contributed by atoms with E-state index in [-0.39, 0.29) is 0 Å². The topological polar surface area (TPSA) is 21.3 Å². The van der Waals surface area contributed by atoms with Crippen LogP contribution in [0.3, 0.4) is 0 Å². The first-order chi connectivity index (χ1) is 8.28. The van der Waals surface area contributed by atoms with Crippen LogP contribution in [0, 0.1) is 5.92 Å². The fraction of sp³-hybridized carbons (Fsp3) is 1.00. The summed E-state index contributed by atoms with van der Waals surface area (Å²) in [5.74, 6) is 0.879. The van der Waals surface area contributed by atoms with Crippen molar-refractivity contribution in [1.29, 1.82) is 0 Å². The van der Waals surface area contributed by atoms with Crippen LogP contribution in [-0.4, -0.2) is 24.8 Å².